The van der Waals surface area contributed by atoms with E-state index in [9.17, 15) is 4.79 Å². The number of nitrogens with zero attached hydrogens (tertiary/aromatic N) is 1. The molecule has 0 bridgehead atoms. The largest absolute Gasteiger partial charge is 0.489 e. The van der Waals surface area contributed by atoms with Gasteiger partial charge in [-0.25, -0.2) is 0 Å². The molecule has 0 spiro atoms. The Bertz CT molecular complexity index is 832. The highest BCUT2D eigenvalue weighted by molar-refractivity contribution is 6.32. The normalized spacial score (nSPS) is 16.6. The molecule has 0 saturated carbocycles. The van der Waals surface area contributed by atoms with Gasteiger partial charge in [-0.3, -0.25) is 9.69 Å². The zero-order chi connectivity index (χ0) is 19.3. The Labute approximate surface area is 170 Å². The van der Waals surface area contributed by atoms with Crippen molar-refractivity contribution in [3.05, 3.63) is 58.1 Å². The number of rotatable bonds is 5. The van der Waals surface area contributed by atoms with E-state index in [2.05, 4.69) is 34.5 Å². The standard InChI is InChI=1S/C22H25ClN2O3/c23-19-12-18(13-20-21(19)28-11-3-10-27-20)22(26)24-14-16-4-6-17(7-5-16)15-25-8-1-2-9-25/h4-7,12-13H,1-3,8-11,14-15H2,(H,24,26). The third-order valence-corrected chi connectivity index (χ3v) is 5.43. The molecule has 2 aromatic rings. The quantitative estimate of drug-likeness (QED) is 0.823. The molecule has 5 nitrogen and oxygen atoms in total. The minimum Gasteiger partial charge on any atom is -0.489 e. The van der Waals surface area contributed by atoms with E-state index in [-0.39, 0.29) is 5.91 Å². The van der Waals surface area contributed by atoms with E-state index in [4.69, 9.17) is 21.1 Å². The summed E-state index contributed by atoms with van der Waals surface area (Å²) < 4.78 is 11.3. The average Bonchev–Trinajstić information content (AvgIpc) is 3.09. The zero-order valence-electron chi connectivity index (χ0n) is 15.9. The number of nitrogens with one attached hydrogen (secondary N) is 1. The average molecular weight is 401 g/mol. The first-order chi connectivity index (χ1) is 13.7. The Kier molecular flexibility index (Phi) is 6.03. The van der Waals surface area contributed by atoms with Crippen LogP contribution >= 0.6 is 11.6 Å². The maximum Gasteiger partial charge on any atom is 0.251 e. The highest BCUT2D eigenvalue weighted by atomic mass is 35.5. The van der Waals surface area contributed by atoms with Gasteiger partial charge in [0.2, 0.25) is 0 Å². The fourth-order valence-electron chi connectivity index (χ4n) is 3.61. The Morgan fingerprint density at radius 1 is 1.00 bits per heavy atom. The third-order valence-electron chi connectivity index (χ3n) is 5.15. The number of hydrogen-bond donors (Lipinski definition) is 1. The van der Waals surface area contributed by atoms with Gasteiger partial charge in [-0.1, -0.05) is 35.9 Å². The minimum absolute atomic E-state index is 0.182. The van der Waals surface area contributed by atoms with Gasteiger partial charge < -0.3 is 14.8 Å². The van der Waals surface area contributed by atoms with Gasteiger partial charge >= 0.3 is 0 Å². The molecule has 2 aliphatic heterocycles. The number of fused-ring (bicyclic) bond motifs is 1. The summed E-state index contributed by atoms with van der Waals surface area (Å²) >= 11 is 6.28. The Hall–Kier alpha value is -2.24. The number of hydrogen-bond acceptors (Lipinski definition) is 4. The van der Waals surface area contributed by atoms with E-state index in [0.717, 1.165) is 18.5 Å². The van der Waals surface area contributed by atoms with Gasteiger partial charge in [0.05, 0.1) is 18.2 Å². The van der Waals surface area contributed by atoms with Crippen molar-refractivity contribution in [1.82, 2.24) is 10.2 Å². The van der Waals surface area contributed by atoms with Gasteiger partial charge in [0.25, 0.3) is 5.91 Å². The molecule has 148 valence electrons. The molecule has 2 aliphatic rings. The van der Waals surface area contributed by atoms with Crippen molar-refractivity contribution in [3.63, 3.8) is 0 Å². The lowest BCUT2D eigenvalue weighted by Crippen LogP contribution is -2.23. The highest BCUT2D eigenvalue weighted by Crippen LogP contribution is 2.37. The molecule has 4 rings (SSSR count). The molecule has 0 aromatic heterocycles. The molecule has 6 heteroatoms. The summed E-state index contributed by atoms with van der Waals surface area (Å²) in [5.74, 6) is 0.865. The lowest BCUT2D eigenvalue weighted by atomic mass is 10.1. The molecule has 2 heterocycles. The number of carbonyl (C=O) groups is 1. The van der Waals surface area contributed by atoms with Gasteiger partial charge in [-0.05, 0) is 49.2 Å². The van der Waals surface area contributed by atoms with Gasteiger partial charge in [-0.15, -0.1) is 0 Å². The van der Waals surface area contributed by atoms with Crippen LogP contribution < -0.4 is 14.8 Å². The second-order valence-corrected chi connectivity index (χ2v) is 7.73. The maximum atomic E-state index is 12.6. The van der Waals surface area contributed by atoms with Crippen molar-refractivity contribution in [2.45, 2.75) is 32.4 Å². The SMILES string of the molecule is O=C(NCc1ccc(CN2CCCC2)cc1)c1cc(Cl)c2c(c1)OCCCO2. The van der Waals surface area contributed by atoms with Crippen LogP contribution in [0.4, 0.5) is 0 Å². The van der Waals surface area contributed by atoms with Crippen LogP contribution in [0.5, 0.6) is 11.5 Å². The van der Waals surface area contributed by atoms with Crippen LogP contribution in [0.3, 0.4) is 0 Å². The first-order valence-electron chi connectivity index (χ1n) is 9.86. The third kappa shape index (κ3) is 4.59. The zero-order valence-corrected chi connectivity index (χ0v) is 16.6. The molecule has 0 unspecified atom stereocenters. The molecule has 0 aliphatic carbocycles. The molecule has 0 radical (unpaired) electrons. The summed E-state index contributed by atoms with van der Waals surface area (Å²) in [7, 11) is 0. The van der Waals surface area contributed by atoms with Crippen molar-refractivity contribution < 1.29 is 14.3 Å². The van der Waals surface area contributed by atoms with Crippen LogP contribution in [0.15, 0.2) is 36.4 Å². The summed E-state index contributed by atoms with van der Waals surface area (Å²) in [6, 6.07) is 11.8. The molecular formula is C22H25ClN2O3. The van der Waals surface area contributed by atoms with Crippen molar-refractivity contribution in [3.8, 4) is 11.5 Å². The Morgan fingerprint density at radius 3 is 2.50 bits per heavy atom. The Morgan fingerprint density at radius 2 is 1.71 bits per heavy atom. The van der Waals surface area contributed by atoms with Crippen molar-refractivity contribution in [2.24, 2.45) is 0 Å². The summed E-state index contributed by atoms with van der Waals surface area (Å²) in [5, 5.41) is 3.35. The Balaban J connectivity index is 1.36. The number of likely N-dealkylation sites (tertiary alicyclic amines) is 1. The van der Waals surface area contributed by atoms with Gasteiger partial charge in [0.1, 0.15) is 0 Å². The van der Waals surface area contributed by atoms with Gasteiger partial charge in [-0.2, -0.15) is 0 Å². The molecule has 1 saturated heterocycles. The predicted molar refractivity (Wildman–Crippen MR) is 109 cm³/mol. The van der Waals surface area contributed by atoms with E-state index < -0.39 is 0 Å². The van der Waals surface area contributed by atoms with Crippen LogP contribution in [-0.4, -0.2) is 37.1 Å². The van der Waals surface area contributed by atoms with Crippen LogP contribution in [0.2, 0.25) is 5.02 Å². The maximum absolute atomic E-state index is 12.6. The molecule has 1 amide bonds. The van der Waals surface area contributed by atoms with Gasteiger partial charge in [0, 0.05) is 25.1 Å². The van der Waals surface area contributed by atoms with Crippen molar-refractivity contribution in [2.75, 3.05) is 26.3 Å². The van der Waals surface area contributed by atoms with E-state index in [0.29, 0.717) is 41.8 Å². The van der Waals surface area contributed by atoms with E-state index >= 15 is 0 Å². The number of benzene rings is 2. The van der Waals surface area contributed by atoms with E-state index in [1.54, 1.807) is 12.1 Å². The van der Waals surface area contributed by atoms with Crippen LogP contribution in [0.25, 0.3) is 0 Å². The predicted octanol–water partition coefficient (Wildman–Crippen LogP) is 4.03. The molecule has 2 aromatic carbocycles. The summed E-state index contributed by atoms with van der Waals surface area (Å²) in [4.78, 5) is 15.0. The van der Waals surface area contributed by atoms with Crippen molar-refractivity contribution >= 4 is 17.5 Å². The summed E-state index contributed by atoms with van der Waals surface area (Å²) in [6.45, 7) is 4.97. The fourth-order valence-corrected chi connectivity index (χ4v) is 3.87. The number of carbonyl (C=O) groups excluding carboxylic acids is 1. The van der Waals surface area contributed by atoms with Crippen LogP contribution in [0, 0.1) is 0 Å². The van der Waals surface area contributed by atoms with E-state index in [1.165, 1.54) is 31.5 Å². The second-order valence-electron chi connectivity index (χ2n) is 7.32. The molecular weight excluding hydrogens is 376 g/mol. The smallest absolute Gasteiger partial charge is 0.251 e. The number of ether oxygens (including phenoxy) is 2. The van der Waals surface area contributed by atoms with Crippen LogP contribution in [0.1, 0.15) is 40.7 Å². The first-order valence-corrected chi connectivity index (χ1v) is 10.2. The number of amides is 1. The first kappa shape index (κ1) is 19.1. The molecule has 1 N–H and O–H groups in total. The highest BCUT2D eigenvalue weighted by Gasteiger charge is 2.18. The topological polar surface area (TPSA) is 50.8 Å². The fraction of sp³-hybridized carbons (Fsp3) is 0.409. The summed E-state index contributed by atoms with van der Waals surface area (Å²) in [6.07, 6.45) is 3.39. The lowest BCUT2D eigenvalue weighted by molar-refractivity contribution is 0.0950. The van der Waals surface area contributed by atoms with Crippen LogP contribution in [-0.2, 0) is 13.1 Å². The minimum atomic E-state index is -0.182. The molecule has 1 fully saturated rings. The second kappa shape index (κ2) is 8.84. The van der Waals surface area contributed by atoms with E-state index in [1.807, 2.05) is 0 Å². The summed E-state index contributed by atoms with van der Waals surface area (Å²) in [5.41, 5.74) is 2.85. The molecule has 0 atom stereocenters. The number of halogens is 1. The van der Waals surface area contributed by atoms with Gasteiger partial charge in [0.15, 0.2) is 11.5 Å². The molecule has 28 heavy (non-hydrogen) atoms. The monoisotopic (exact) mass is 400 g/mol. The lowest BCUT2D eigenvalue weighted by Gasteiger charge is -2.15. The van der Waals surface area contributed by atoms with Crippen molar-refractivity contribution in [1.29, 1.82) is 0 Å².